The molecule has 0 bridgehead atoms. The van der Waals surface area contributed by atoms with Crippen molar-refractivity contribution in [1.29, 1.82) is 0 Å². The van der Waals surface area contributed by atoms with Crippen LogP contribution >= 0.6 is 0 Å². The summed E-state index contributed by atoms with van der Waals surface area (Å²) in [5.41, 5.74) is -0.531. The zero-order valence-electron chi connectivity index (χ0n) is 15.7. The van der Waals surface area contributed by atoms with Crippen molar-refractivity contribution in [2.24, 2.45) is 0 Å². The first kappa shape index (κ1) is 18.4. The Balaban J connectivity index is 1.38. The summed E-state index contributed by atoms with van der Waals surface area (Å²) < 4.78 is 5.90. The highest BCUT2D eigenvalue weighted by atomic mass is 16.5. The number of likely N-dealkylation sites (tertiary alicyclic amines) is 1. The van der Waals surface area contributed by atoms with Crippen molar-refractivity contribution in [3.63, 3.8) is 0 Å². The fraction of sp³-hybridized carbons (Fsp3) is 0.500. The van der Waals surface area contributed by atoms with E-state index in [0.717, 1.165) is 10.9 Å². The molecule has 0 aromatic heterocycles. The van der Waals surface area contributed by atoms with Crippen LogP contribution in [0.3, 0.4) is 0 Å². The molecule has 5 nitrogen and oxygen atoms in total. The molecule has 2 heterocycles. The first-order valence-electron chi connectivity index (χ1n) is 9.67. The van der Waals surface area contributed by atoms with Crippen LogP contribution in [0.15, 0.2) is 42.5 Å². The molecule has 2 fully saturated rings. The van der Waals surface area contributed by atoms with Crippen molar-refractivity contribution < 1.29 is 19.7 Å². The Morgan fingerprint density at radius 1 is 1.19 bits per heavy atom. The predicted molar refractivity (Wildman–Crippen MR) is 103 cm³/mol. The fourth-order valence-corrected chi connectivity index (χ4v) is 4.38. The van der Waals surface area contributed by atoms with Gasteiger partial charge in [-0.3, -0.25) is 4.79 Å². The average molecular weight is 369 g/mol. The number of carbonyl (C=O) groups excluding carboxylic acids is 1. The lowest BCUT2D eigenvalue weighted by atomic mass is 9.76. The maximum Gasteiger partial charge on any atom is 0.226 e. The Hall–Kier alpha value is -1.95. The van der Waals surface area contributed by atoms with Crippen LogP contribution in [-0.2, 0) is 16.0 Å². The standard InChI is InChI=1S/C22H27NO4/c1-21(26)15-22(27-14-19(21)24)8-10-23(11-9-22)20(25)13-16-6-7-17-4-2-3-5-18(17)12-16/h2-7,12,19,24,26H,8-11,13-15H2,1H3/t19-,21-/m0/s1. The van der Waals surface area contributed by atoms with Gasteiger partial charge in [0, 0.05) is 19.5 Å². The maximum absolute atomic E-state index is 12.7. The Bertz CT molecular complexity index is 839. The summed E-state index contributed by atoms with van der Waals surface area (Å²) in [6, 6.07) is 14.3. The molecular weight excluding hydrogens is 342 g/mol. The molecule has 2 aliphatic rings. The van der Waals surface area contributed by atoms with Gasteiger partial charge in [0.15, 0.2) is 0 Å². The highest BCUT2D eigenvalue weighted by Gasteiger charge is 2.48. The molecule has 2 saturated heterocycles. The molecule has 2 aliphatic heterocycles. The average Bonchev–Trinajstić information content (AvgIpc) is 2.65. The van der Waals surface area contributed by atoms with Crippen molar-refractivity contribution in [2.45, 2.75) is 49.9 Å². The molecule has 0 unspecified atom stereocenters. The molecule has 27 heavy (non-hydrogen) atoms. The molecule has 0 saturated carbocycles. The number of amides is 1. The van der Waals surface area contributed by atoms with Crippen LogP contribution in [0, 0.1) is 0 Å². The number of hydrogen-bond donors (Lipinski definition) is 2. The number of carbonyl (C=O) groups is 1. The molecule has 144 valence electrons. The Morgan fingerprint density at radius 3 is 2.59 bits per heavy atom. The van der Waals surface area contributed by atoms with Crippen molar-refractivity contribution in [2.75, 3.05) is 19.7 Å². The van der Waals surface area contributed by atoms with Gasteiger partial charge in [0.05, 0.1) is 24.2 Å². The van der Waals surface area contributed by atoms with Crippen LogP contribution in [0.5, 0.6) is 0 Å². The zero-order chi connectivity index (χ0) is 19.1. The summed E-state index contributed by atoms with van der Waals surface area (Å²) in [6.45, 7) is 3.06. The van der Waals surface area contributed by atoms with Gasteiger partial charge >= 0.3 is 0 Å². The topological polar surface area (TPSA) is 70.0 Å². The summed E-state index contributed by atoms with van der Waals surface area (Å²) in [5, 5.41) is 22.6. The van der Waals surface area contributed by atoms with Gasteiger partial charge in [-0.1, -0.05) is 42.5 Å². The monoisotopic (exact) mass is 369 g/mol. The molecule has 0 aliphatic carbocycles. The first-order valence-corrected chi connectivity index (χ1v) is 9.67. The van der Waals surface area contributed by atoms with Crippen molar-refractivity contribution in [3.05, 3.63) is 48.0 Å². The number of aliphatic hydroxyl groups is 2. The number of hydrogen-bond acceptors (Lipinski definition) is 4. The largest absolute Gasteiger partial charge is 0.388 e. The third kappa shape index (κ3) is 3.72. The lowest BCUT2D eigenvalue weighted by molar-refractivity contribution is -0.222. The van der Waals surface area contributed by atoms with E-state index in [2.05, 4.69) is 24.3 Å². The summed E-state index contributed by atoms with van der Waals surface area (Å²) in [6.07, 6.45) is 1.34. The summed E-state index contributed by atoms with van der Waals surface area (Å²) in [7, 11) is 0. The smallest absolute Gasteiger partial charge is 0.226 e. The third-order valence-electron chi connectivity index (χ3n) is 6.14. The van der Waals surface area contributed by atoms with Gasteiger partial charge in [-0.2, -0.15) is 0 Å². The van der Waals surface area contributed by atoms with E-state index in [1.165, 1.54) is 5.39 Å². The van der Waals surface area contributed by atoms with E-state index < -0.39 is 17.3 Å². The van der Waals surface area contributed by atoms with Gasteiger partial charge in [0.1, 0.15) is 6.10 Å². The van der Waals surface area contributed by atoms with Crippen molar-refractivity contribution >= 4 is 16.7 Å². The number of piperidine rings is 1. The number of rotatable bonds is 2. The maximum atomic E-state index is 12.7. The zero-order valence-corrected chi connectivity index (χ0v) is 15.7. The van der Waals surface area contributed by atoms with Crippen LogP contribution in [0.4, 0.5) is 0 Å². The highest BCUT2D eigenvalue weighted by molar-refractivity contribution is 5.85. The lowest BCUT2D eigenvalue weighted by Crippen LogP contribution is -2.59. The molecule has 4 rings (SSSR count). The van der Waals surface area contributed by atoms with Gasteiger partial charge in [-0.25, -0.2) is 0 Å². The SMILES string of the molecule is C[C@]1(O)CC2(CCN(C(=O)Cc3ccc4ccccc4c3)CC2)OC[C@@H]1O. The lowest BCUT2D eigenvalue weighted by Gasteiger charge is -2.49. The summed E-state index contributed by atoms with van der Waals surface area (Å²) in [5.74, 6) is 0.128. The van der Waals surface area contributed by atoms with E-state index in [1.807, 2.05) is 23.1 Å². The minimum atomic E-state index is -1.13. The third-order valence-corrected chi connectivity index (χ3v) is 6.14. The molecular formula is C22H27NO4. The van der Waals surface area contributed by atoms with Gasteiger partial charge < -0.3 is 19.8 Å². The van der Waals surface area contributed by atoms with E-state index in [9.17, 15) is 15.0 Å². The summed E-state index contributed by atoms with van der Waals surface area (Å²) in [4.78, 5) is 14.6. The fourth-order valence-electron chi connectivity index (χ4n) is 4.38. The van der Waals surface area contributed by atoms with Crippen LogP contribution in [0.25, 0.3) is 10.8 Å². The van der Waals surface area contributed by atoms with Crippen molar-refractivity contribution in [3.8, 4) is 0 Å². The van der Waals surface area contributed by atoms with Crippen LogP contribution in [-0.4, -0.2) is 58.0 Å². The molecule has 2 aromatic rings. The van der Waals surface area contributed by atoms with E-state index in [4.69, 9.17) is 4.74 Å². The minimum Gasteiger partial charge on any atom is -0.388 e. The van der Waals surface area contributed by atoms with Crippen molar-refractivity contribution in [1.82, 2.24) is 4.90 Å². The Labute approximate surface area is 159 Å². The molecule has 0 radical (unpaired) electrons. The quantitative estimate of drug-likeness (QED) is 0.852. The Kier molecular flexibility index (Phi) is 4.70. The number of fused-ring (bicyclic) bond motifs is 1. The van der Waals surface area contributed by atoms with Gasteiger partial charge in [-0.05, 0) is 36.1 Å². The molecule has 2 N–H and O–H groups in total. The number of ether oxygens (including phenoxy) is 1. The minimum absolute atomic E-state index is 0.128. The number of nitrogens with zero attached hydrogens (tertiary/aromatic N) is 1. The molecule has 2 atom stereocenters. The molecule has 1 amide bonds. The van der Waals surface area contributed by atoms with E-state index in [-0.39, 0.29) is 12.5 Å². The number of benzene rings is 2. The van der Waals surface area contributed by atoms with E-state index in [0.29, 0.717) is 38.8 Å². The first-order chi connectivity index (χ1) is 12.9. The second-order valence-corrected chi connectivity index (χ2v) is 8.28. The molecule has 1 spiro atoms. The second-order valence-electron chi connectivity index (χ2n) is 8.28. The highest BCUT2D eigenvalue weighted by Crippen LogP contribution is 2.39. The van der Waals surface area contributed by atoms with E-state index >= 15 is 0 Å². The van der Waals surface area contributed by atoms with Crippen LogP contribution < -0.4 is 0 Å². The Morgan fingerprint density at radius 2 is 1.89 bits per heavy atom. The van der Waals surface area contributed by atoms with Crippen LogP contribution in [0.2, 0.25) is 0 Å². The van der Waals surface area contributed by atoms with Gasteiger partial charge in [-0.15, -0.1) is 0 Å². The number of aliphatic hydroxyl groups excluding tert-OH is 1. The molecule has 5 heteroatoms. The second kappa shape index (κ2) is 6.89. The van der Waals surface area contributed by atoms with E-state index in [1.54, 1.807) is 6.92 Å². The predicted octanol–water partition coefficient (Wildman–Crippen LogP) is 2.28. The van der Waals surface area contributed by atoms with Crippen LogP contribution in [0.1, 0.15) is 31.7 Å². The summed E-state index contributed by atoms with van der Waals surface area (Å²) >= 11 is 0. The normalized spacial score (nSPS) is 27.8. The van der Waals surface area contributed by atoms with Gasteiger partial charge in [0.2, 0.25) is 5.91 Å². The van der Waals surface area contributed by atoms with Gasteiger partial charge in [0.25, 0.3) is 0 Å². The molecule has 2 aromatic carbocycles.